The number of likely N-dealkylation sites (tertiary alicyclic amines) is 1. The molecule has 8 nitrogen and oxygen atoms in total. The molecule has 9 heteroatoms. The summed E-state index contributed by atoms with van der Waals surface area (Å²) < 4.78 is 12.0. The highest BCUT2D eigenvalue weighted by Crippen LogP contribution is 2.31. The molecule has 1 aromatic heterocycles. The Hall–Kier alpha value is -2.42. The second-order valence-electron chi connectivity index (χ2n) is 6.84. The molecule has 1 aromatic carbocycles. The molecule has 1 amide bonds. The number of benzene rings is 1. The van der Waals surface area contributed by atoms with Gasteiger partial charge in [-0.05, 0) is 26.8 Å². The molecule has 1 fully saturated rings. The van der Waals surface area contributed by atoms with Crippen molar-refractivity contribution < 1.29 is 19.2 Å². The molecular weight excluding hydrogens is 346 g/mol. The van der Waals surface area contributed by atoms with Crippen molar-refractivity contribution in [3.05, 3.63) is 28.3 Å². The largest absolute Gasteiger partial charge is 0.465 e. The van der Waals surface area contributed by atoms with E-state index in [-0.39, 0.29) is 17.9 Å². The van der Waals surface area contributed by atoms with E-state index in [1.54, 1.807) is 11.0 Å². The van der Waals surface area contributed by atoms with Crippen LogP contribution in [0.1, 0.15) is 27.2 Å². The molecule has 3 rings (SSSR count). The number of aromatic nitrogens is 1. The van der Waals surface area contributed by atoms with E-state index >= 15 is 0 Å². The Morgan fingerprint density at radius 1 is 1.44 bits per heavy atom. The van der Waals surface area contributed by atoms with Crippen molar-refractivity contribution in [1.29, 1.82) is 0 Å². The monoisotopic (exact) mass is 365 g/mol. The normalized spacial score (nSPS) is 17.7. The summed E-state index contributed by atoms with van der Waals surface area (Å²) in [5, 5.41) is 11.3. The lowest BCUT2D eigenvalue weighted by Gasteiger charge is -2.24. The number of carbonyl (C=O) groups is 1. The van der Waals surface area contributed by atoms with Gasteiger partial charge in [0.25, 0.3) is 10.9 Å². The molecule has 0 spiro atoms. The summed E-state index contributed by atoms with van der Waals surface area (Å²) in [6.45, 7) is 6.49. The average Bonchev–Trinajstić information content (AvgIpc) is 3.11. The maximum Gasteiger partial charge on any atom is 0.410 e. The fourth-order valence-electron chi connectivity index (χ4n) is 2.52. The maximum absolute atomic E-state index is 12.1. The SMILES string of the molecule is CC(C)(C)OC(=O)N1CC[C@@H](Oc2nc3cc([N+](=O)[O-])ccc3s2)C1. The molecule has 2 heterocycles. The van der Waals surface area contributed by atoms with Gasteiger partial charge in [-0.25, -0.2) is 9.78 Å². The minimum absolute atomic E-state index is 0.00122. The Morgan fingerprint density at radius 2 is 2.20 bits per heavy atom. The van der Waals surface area contributed by atoms with Crippen molar-refractivity contribution in [3.63, 3.8) is 0 Å². The lowest BCUT2D eigenvalue weighted by molar-refractivity contribution is -0.384. The minimum Gasteiger partial charge on any atom is -0.465 e. The van der Waals surface area contributed by atoms with Crippen LogP contribution in [0.4, 0.5) is 10.5 Å². The predicted molar refractivity (Wildman–Crippen MR) is 93.1 cm³/mol. The van der Waals surface area contributed by atoms with Gasteiger partial charge in [-0.3, -0.25) is 10.1 Å². The van der Waals surface area contributed by atoms with Crippen molar-refractivity contribution in [1.82, 2.24) is 9.88 Å². The molecule has 0 bridgehead atoms. The molecule has 1 aliphatic heterocycles. The Balaban J connectivity index is 1.64. The molecule has 1 saturated heterocycles. The first-order valence-electron chi connectivity index (χ1n) is 7.91. The van der Waals surface area contributed by atoms with E-state index in [4.69, 9.17) is 9.47 Å². The van der Waals surface area contributed by atoms with Crippen LogP contribution in [-0.2, 0) is 4.74 Å². The van der Waals surface area contributed by atoms with E-state index in [1.165, 1.54) is 23.5 Å². The van der Waals surface area contributed by atoms with E-state index in [9.17, 15) is 14.9 Å². The first-order valence-corrected chi connectivity index (χ1v) is 8.72. The Labute approximate surface area is 148 Å². The summed E-state index contributed by atoms with van der Waals surface area (Å²) in [7, 11) is 0. The zero-order valence-electron chi connectivity index (χ0n) is 14.2. The van der Waals surface area contributed by atoms with Crippen LogP contribution in [0.3, 0.4) is 0 Å². The number of non-ortho nitro benzene ring substituents is 1. The van der Waals surface area contributed by atoms with Gasteiger partial charge in [0.05, 0.1) is 21.7 Å². The summed E-state index contributed by atoms with van der Waals surface area (Å²) in [4.78, 5) is 28.4. The third kappa shape index (κ3) is 4.16. The standard InChI is InChI=1S/C16H19N3O5S/c1-16(2,3)24-15(20)18-7-6-11(9-18)23-14-17-12-8-10(19(21)22)4-5-13(12)25-14/h4-5,8,11H,6-7,9H2,1-3H3/t11-/m1/s1. The maximum atomic E-state index is 12.1. The number of nitro groups is 1. The zero-order valence-corrected chi connectivity index (χ0v) is 15.0. The highest BCUT2D eigenvalue weighted by atomic mass is 32.1. The molecular formula is C16H19N3O5S. The van der Waals surface area contributed by atoms with Crippen molar-refractivity contribution in [2.45, 2.75) is 38.9 Å². The molecule has 0 unspecified atom stereocenters. The molecule has 25 heavy (non-hydrogen) atoms. The predicted octanol–water partition coefficient (Wildman–Crippen LogP) is 3.59. The van der Waals surface area contributed by atoms with Crippen molar-refractivity contribution in [3.8, 4) is 5.19 Å². The number of nitro benzene ring substituents is 1. The number of rotatable bonds is 3. The van der Waals surface area contributed by atoms with Gasteiger partial charge in [0.2, 0.25) is 0 Å². The van der Waals surface area contributed by atoms with E-state index in [2.05, 4.69) is 4.98 Å². The van der Waals surface area contributed by atoms with Crippen LogP contribution in [0.2, 0.25) is 0 Å². The molecule has 2 aromatic rings. The lowest BCUT2D eigenvalue weighted by atomic mass is 10.2. The highest BCUT2D eigenvalue weighted by Gasteiger charge is 2.31. The Bertz CT molecular complexity index is 814. The van der Waals surface area contributed by atoms with Crippen LogP contribution in [0.15, 0.2) is 18.2 Å². The quantitative estimate of drug-likeness (QED) is 0.609. The van der Waals surface area contributed by atoms with Crippen molar-refractivity contribution in [2.75, 3.05) is 13.1 Å². The number of fused-ring (bicyclic) bond motifs is 1. The number of hydrogen-bond acceptors (Lipinski definition) is 7. The zero-order chi connectivity index (χ0) is 18.2. The van der Waals surface area contributed by atoms with Gasteiger partial charge in [-0.2, -0.15) is 0 Å². The number of ether oxygens (including phenoxy) is 2. The summed E-state index contributed by atoms with van der Waals surface area (Å²) >= 11 is 1.33. The molecule has 1 atom stereocenters. The minimum atomic E-state index is -0.530. The number of amides is 1. The molecule has 0 saturated carbocycles. The van der Waals surface area contributed by atoms with Crippen LogP contribution in [-0.4, -0.2) is 45.7 Å². The number of carbonyl (C=O) groups excluding carboxylic acids is 1. The van der Waals surface area contributed by atoms with E-state index in [0.29, 0.717) is 30.2 Å². The van der Waals surface area contributed by atoms with Gasteiger partial charge in [0, 0.05) is 25.1 Å². The molecule has 0 N–H and O–H groups in total. The smallest absolute Gasteiger partial charge is 0.410 e. The van der Waals surface area contributed by atoms with Gasteiger partial charge < -0.3 is 14.4 Å². The van der Waals surface area contributed by atoms with Gasteiger partial charge >= 0.3 is 6.09 Å². The van der Waals surface area contributed by atoms with Crippen LogP contribution >= 0.6 is 11.3 Å². The van der Waals surface area contributed by atoms with Crippen LogP contribution in [0.25, 0.3) is 10.2 Å². The molecule has 134 valence electrons. The number of thiazole rings is 1. The summed E-state index contributed by atoms with van der Waals surface area (Å²) in [6, 6.07) is 4.55. The summed E-state index contributed by atoms with van der Waals surface area (Å²) in [5.74, 6) is 0. The second-order valence-corrected chi connectivity index (χ2v) is 7.84. The Morgan fingerprint density at radius 3 is 2.88 bits per heavy atom. The topological polar surface area (TPSA) is 94.8 Å². The third-order valence-corrected chi connectivity index (χ3v) is 4.55. The van der Waals surface area contributed by atoms with Gasteiger partial charge in [-0.15, -0.1) is 0 Å². The number of hydrogen-bond donors (Lipinski definition) is 0. The van der Waals surface area contributed by atoms with Crippen molar-refractivity contribution >= 4 is 33.3 Å². The van der Waals surface area contributed by atoms with Crippen LogP contribution in [0, 0.1) is 10.1 Å². The fraction of sp³-hybridized carbons (Fsp3) is 0.500. The first kappa shape index (κ1) is 17.4. The molecule has 1 aliphatic rings. The fourth-order valence-corrected chi connectivity index (χ4v) is 3.38. The van der Waals surface area contributed by atoms with Crippen LogP contribution < -0.4 is 4.74 Å². The second kappa shape index (κ2) is 6.47. The summed E-state index contributed by atoms with van der Waals surface area (Å²) in [5.41, 5.74) is 0.00938. The van der Waals surface area contributed by atoms with E-state index < -0.39 is 10.5 Å². The molecule has 0 radical (unpaired) electrons. The first-order chi connectivity index (χ1) is 11.7. The van der Waals surface area contributed by atoms with Gasteiger partial charge in [0.1, 0.15) is 11.7 Å². The van der Waals surface area contributed by atoms with Gasteiger partial charge in [-0.1, -0.05) is 11.3 Å². The van der Waals surface area contributed by atoms with Crippen LogP contribution in [0.5, 0.6) is 5.19 Å². The molecule has 0 aliphatic carbocycles. The van der Waals surface area contributed by atoms with Crippen molar-refractivity contribution in [2.24, 2.45) is 0 Å². The summed E-state index contributed by atoms with van der Waals surface area (Å²) in [6.07, 6.45) is 0.177. The lowest BCUT2D eigenvalue weighted by Crippen LogP contribution is -2.36. The third-order valence-electron chi connectivity index (χ3n) is 3.63. The van der Waals surface area contributed by atoms with E-state index in [0.717, 1.165) is 4.70 Å². The van der Waals surface area contributed by atoms with E-state index in [1.807, 2.05) is 20.8 Å². The highest BCUT2D eigenvalue weighted by molar-refractivity contribution is 7.20. The number of nitrogens with zero attached hydrogens (tertiary/aromatic N) is 3. The Kier molecular flexibility index (Phi) is 4.51. The average molecular weight is 365 g/mol. The van der Waals surface area contributed by atoms with Gasteiger partial charge in [0.15, 0.2) is 0 Å².